The van der Waals surface area contributed by atoms with Gasteiger partial charge in [-0.1, -0.05) is 52.4 Å². The second kappa shape index (κ2) is 11.9. The maximum atomic E-state index is 10.6. The van der Waals surface area contributed by atoms with E-state index in [1.54, 1.807) is 0 Å². The van der Waals surface area contributed by atoms with Crippen LogP contribution in [0, 0.1) is 5.92 Å². The van der Waals surface area contributed by atoms with Crippen molar-refractivity contribution >= 4 is 5.97 Å². The van der Waals surface area contributed by atoms with Crippen molar-refractivity contribution in [3.8, 4) is 0 Å². The zero-order chi connectivity index (χ0) is 11.7. The van der Waals surface area contributed by atoms with Crippen LogP contribution in [-0.4, -0.2) is 17.1 Å². The molecule has 0 aliphatic carbocycles. The summed E-state index contributed by atoms with van der Waals surface area (Å²) in [7, 11) is 0. The molecule has 2 atom stereocenters. The Hall–Kier alpha value is 0.430. The van der Waals surface area contributed by atoms with Crippen molar-refractivity contribution in [1.82, 2.24) is 0 Å². The molecule has 4 heteroatoms. The van der Waals surface area contributed by atoms with Gasteiger partial charge in [0.05, 0.1) is 0 Å². The third-order valence-corrected chi connectivity index (χ3v) is 2.91. The molecule has 0 heterocycles. The number of carboxylic acid groups (broad SMARTS) is 1. The third kappa shape index (κ3) is 9.64. The van der Waals surface area contributed by atoms with E-state index in [2.05, 4.69) is 6.92 Å². The first-order valence-corrected chi connectivity index (χ1v) is 6.08. The molecule has 3 N–H and O–H groups in total. The third-order valence-electron chi connectivity index (χ3n) is 2.91. The molecule has 3 nitrogen and oxygen atoms in total. The number of aliphatic carboxylic acids is 1. The summed E-state index contributed by atoms with van der Waals surface area (Å²) in [5, 5.41) is 8.70. The van der Waals surface area contributed by atoms with E-state index < -0.39 is 12.0 Å². The summed E-state index contributed by atoms with van der Waals surface area (Å²) >= 11 is 0. The van der Waals surface area contributed by atoms with Crippen molar-refractivity contribution in [3.05, 3.63) is 0 Å². The molecular weight excluding hydrogens is 213 g/mol. The van der Waals surface area contributed by atoms with Gasteiger partial charge >= 0.3 is 35.5 Å². The average Bonchev–Trinajstić information content (AvgIpc) is 2.21. The predicted molar refractivity (Wildman–Crippen MR) is 63.9 cm³/mol. The summed E-state index contributed by atoms with van der Waals surface area (Å²) in [5.41, 5.74) is 5.52. The molecule has 0 bridgehead atoms. The van der Waals surface area contributed by atoms with Gasteiger partial charge in [-0.15, -0.1) is 0 Å². The van der Waals surface area contributed by atoms with Crippen LogP contribution in [0.2, 0.25) is 0 Å². The van der Waals surface area contributed by atoms with E-state index in [1.807, 2.05) is 6.92 Å². The molecule has 0 aromatic heterocycles. The van der Waals surface area contributed by atoms with E-state index in [-0.39, 0.29) is 36.9 Å². The normalized spacial score (nSPS) is 13.9. The Labute approximate surface area is 123 Å². The van der Waals surface area contributed by atoms with Crippen molar-refractivity contribution in [1.29, 1.82) is 0 Å². The fourth-order valence-corrected chi connectivity index (χ4v) is 1.67. The van der Waals surface area contributed by atoms with Crippen LogP contribution in [0.5, 0.6) is 0 Å². The molecule has 0 fully saturated rings. The maximum absolute atomic E-state index is 10.6. The van der Waals surface area contributed by atoms with Crippen LogP contribution in [0.15, 0.2) is 0 Å². The van der Waals surface area contributed by atoms with Crippen molar-refractivity contribution in [2.24, 2.45) is 11.7 Å². The molecule has 0 spiro atoms. The number of hydrogen-bond acceptors (Lipinski definition) is 2. The molecule has 0 radical (unpaired) electrons. The second-order valence-electron chi connectivity index (χ2n) is 4.40. The first-order valence-electron chi connectivity index (χ1n) is 6.08. The van der Waals surface area contributed by atoms with Gasteiger partial charge in [-0.05, 0) is 12.3 Å². The maximum Gasteiger partial charge on any atom is 1.00 e. The van der Waals surface area contributed by atoms with E-state index in [9.17, 15) is 4.79 Å². The largest absolute Gasteiger partial charge is 1.00 e. The number of unbranched alkanes of at least 4 members (excludes halogenated alkanes) is 5. The zero-order valence-corrected chi connectivity index (χ0v) is 13.0. The smallest absolute Gasteiger partial charge is 1.00 e. The molecule has 0 aromatic rings. The Morgan fingerprint density at radius 3 is 2.25 bits per heavy atom. The Morgan fingerprint density at radius 2 is 1.75 bits per heavy atom. The van der Waals surface area contributed by atoms with Crippen molar-refractivity contribution in [3.63, 3.8) is 0 Å². The standard InChI is InChI=1S/C12H25NO2.Na.H/c1-3-4-5-6-7-8-9-10(2)11(13)12(14)15;;/h10-11H,3-9,13H2,1-2H3,(H,14,15);;/q;+1;-1. The average molecular weight is 239 g/mol. The van der Waals surface area contributed by atoms with Crippen LogP contribution < -0.4 is 35.3 Å². The van der Waals surface area contributed by atoms with Crippen molar-refractivity contribution in [2.75, 3.05) is 0 Å². The topological polar surface area (TPSA) is 63.3 Å². The number of carbonyl (C=O) groups is 1. The van der Waals surface area contributed by atoms with Gasteiger partial charge in [0.15, 0.2) is 0 Å². The predicted octanol–water partition coefficient (Wildman–Crippen LogP) is -0.0985. The molecule has 0 saturated carbocycles. The van der Waals surface area contributed by atoms with Crippen molar-refractivity contribution < 1.29 is 40.9 Å². The van der Waals surface area contributed by atoms with Gasteiger partial charge in [0.1, 0.15) is 6.04 Å². The fourth-order valence-electron chi connectivity index (χ4n) is 1.67. The molecule has 0 saturated heterocycles. The Balaban J connectivity index is -0.000000980. The van der Waals surface area contributed by atoms with Gasteiger partial charge in [0, 0.05) is 0 Å². The first kappa shape index (κ1) is 18.8. The summed E-state index contributed by atoms with van der Waals surface area (Å²) in [6, 6.07) is -0.694. The minimum Gasteiger partial charge on any atom is -1.00 e. The summed E-state index contributed by atoms with van der Waals surface area (Å²) in [6.45, 7) is 4.12. The molecule has 2 unspecified atom stereocenters. The Morgan fingerprint density at radius 1 is 1.25 bits per heavy atom. The van der Waals surface area contributed by atoms with E-state index in [4.69, 9.17) is 10.8 Å². The quantitative estimate of drug-likeness (QED) is 0.436. The first-order chi connectivity index (χ1) is 7.09. The van der Waals surface area contributed by atoms with Gasteiger partial charge in [-0.25, -0.2) is 0 Å². The zero-order valence-electron chi connectivity index (χ0n) is 12.0. The fraction of sp³-hybridized carbons (Fsp3) is 0.917. The molecular formula is C12H26NNaO2. The molecule has 0 aliphatic heterocycles. The molecule has 0 aliphatic rings. The van der Waals surface area contributed by atoms with Crippen LogP contribution >= 0.6 is 0 Å². The van der Waals surface area contributed by atoms with E-state index in [1.165, 1.54) is 32.1 Å². The van der Waals surface area contributed by atoms with Gasteiger partial charge in [-0.2, -0.15) is 0 Å². The van der Waals surface area contributed by atoms with E-state index >= 15 is 0 Å². The summed E-state index contributed by atoms with van der Waals surface area (Å²) in [6.07, 6.45) is 8.38. The van der Waals surface area contributed by atoms with Gasteiger partial charge < -0.3 is 12.3 Å². The number of hydrogen-bond donors (Lipinski definition) is 2. The summed E-state index contributed by atoms with van der Waals surface area (Å²) < 4.78 is 0. The number of rotatable bonds is 9. The summed E-state index contributed by atoms with van der Waals surface area (Å²) in [5.74, 6) is -0.790. The van der Waals surface area contributed by atoms with Gasteiger partial charge in [0.2, 0.25) is 0 Å². The minimum atomic E-state index is -0.881. The molecule has 0 aromatic carbocycles. The van der Waals surface area contributed by atoms with Crippen LogP contribution in [-0.2, 0) is 4.79 Å². The molecule has 0 rings (SSSR count). The van der Waals surface area contributed by atoms with Crippen LogP contribution in [0.3, 0.4) is 0 Å². The SMILES string of the molecule is CCCCCCCCC(C)C(N)C(=O)O.[H-].[Na+]. The Kier molecular flexibility index (Phi) is 14.0. The van der Waals surface area contributed by atoms with Crippen LogP contribution in [0.1, 0.15) is 60.2 Å². The van der Waals surface area contributed by atoms with E-state index in [0.29, 0.717) is 0 Å². The van der Waals surface area contributed by atoms with Crippen LogP contribution in [0.4, 0.5) is 0 Å². The second-order valence-corrected chi connectivity index (χ2v) is 4.40. The molecule has 16 heavy (non-hydrogen) atoms. The van der Waals surface area contributed by atoms with Crippen molar-refractivity contribution in [2.45, 2.75) is 64.8 Å². The van der Waals surface area contributed by atoms with Gasteiger partial charge in [-0.3, -0.25) is 4.79 Å². The monoisotopic (exact) mass is 239 g/mol. The van der Waals surface area contributed by atoms with E-state index in [0.717, 1.165) is 12.8 Å². The number of carboxylic acids is 1. The Bertz CT molecular complexity index is 182. The minimum absolute atomic E-state index is 0. The van der Waals surface area contributed by atoms with Crippen LogP contribution in [0.25, 0.3) is 0 Å². The molecule has 0 amide bonds. The van der Waals surface area contributed by atoms with Gasteiger partial charge in [0.25, 0.3) is 0 Å². The number of nitrogens with two attached hydrogens (primary N) is 1. The molecule has 92 valence electrons. The summed E-state index contributed by atoms with van der Waals surface area (Å²) in [4.78, 5) is 10.6.